The van der Waals surface area contributed by atoms with Gasteiger partial charge in [0.1, 0.15) is 4.84 Å². The molecule has 0 amide bonds. The molecule has 0 heterocycles. The van der Waals surface area contributed by atoms with E-state index in [1.165, 1.54) is 0 Å². The van der Waals surface area contributed by atoms with Gasteiger partial charge in [-0.1, -0.05) is 0 Å². The summed E-state index contributed by atoms with van der Waals surface area (Å²) in [4.78, 5) is -0.477. The van der Waals surface area contributed by atoms with Crippen LogP contribution in [0.1, 0.15) is 12.8 Å². The number of rotatable bonds is 4. The van der Waals surface area contributed by atoms with E-state index in [4.69, 9.17) is 46.4 Å². The monoisotopic (exact) mass is 208 g/mol. The smallest absolute Gasteiger partial charge is 0.124 e. The zero-order chi connectivity index (χ0) is 7.28. The van der Waals surface area contributed by atoms with E-state index in [0.29, 0.717) is 5.88 Å². The van der Waals surface area contributed by atoms with Crippen molar-refractivity contribution in [3.8, 4) is 0 Å². The lowest BCUT2D eigenvalue weighted by atomic mass is 10.3. The molecule has 0 fully saturated rings. The first-order valence-corrected chi connectivity index (χ1v) is 4.51. The minimum Gasteiger partial charge on any atom is -0.127 e. The van der Waals surface area contributed by atoms with Gasteiger partial charge in [-0.25, -0.2) is 0 Å². The molecule has 0 rings (SSSR count). The molecule has 0 aromatic carbocycles. The van der Waals surface area contributed by atoms with Gasteiger partial charge in [0, 0.05) is 5.88 Å². The Balaban J connectivity index is 3.16. The van der Waals surface area contributed by atoms with Crippen LogP contribution in [-0.4, -0.2) is 16.1 Å². The van der Waals surface area contributed by atoms with Crippen LogP contribution in [0.15, 0.2) is 0 Å². The fourth-order valence-electron chi connectivity index (χ4n) is 0.398. The lowest BCUT2D eigenvalue weighted by molar-refractivity contribution is 0.769. The van der Waals surface area contributed by atoms with Gasteiger partial charge in [-0.3, -0.25) is 0 Å². The molecule has 0 N–H and O–H groups in total. The molecule has 4 heteroatoms. The Labute approximate surface area is 75.4 Å². The fraction of sp³-hybridized carbons (Fsp3) is 1.00. The van der Waals surface area contributed by atoms with E-state index in [-0.39, 0.29) is 5.38 Å². The molecule has 0 aromatic rings. The molecule has 0 aliphatic carbocycles. The minimum absolute atomic E-state index is 0.160. The summed E-state index contributed by atoms with van der Waals surface area (Å²) >= 11 is 22.0. The van der Waals surface area contributed by atoms with Gasteiger partial charge in [0.25, 0.3) is 0 Å². The molecule has 0 aliphatic rings. The van der Waals surface area contributed by atoms with Gasteiger partial charge in [-0.15, -0.1) is 46.4 Å². The van der Waals surface area contributed by atoms with E-state index >= 15 is 0 Å². The molecule has 1 unspecified atom stereocenters. The summed E-state index contributed by atoms with van der Waals surface area (Å²) in [6.45, 7) is 0. The Morgan fingerprint density at radius 2 is 1.67 bits per heavy atom. The fourth-order valence-corrected chi connectivity index (χ4v) is 0.959. The van der Waals surface area contributed by atoms with Crippen LogP contribution < -0.4 is 0 Å². The first-order valence-electron chi connectivity index (χ1n) is 2.66. The Kier molecular flexibility index (Phi) is 6.67. The number of alkyl halides is 4. The van der Waals surface area contributed by atoms with Crippen LogP contribution in [-0.2, 0) is 0 Å². The third-order valence-electron chi connectivity index (χ3n) is 0.887. The molecule has 0 spiro atoms. The van der Waals surface area contributed by atoms with Crippen molar-refractivity contribution in [3.05, 3.63) is 0 Å². The Morgan fingerprint density at radius 3 is 2.00 bits per heavy atom. The SMILES string of the molecule is ClCCCC(Cl)C(Cl)Cl. The third kappa shape index (κ3) is 5.60. The van der Waals surface area contributed by atoms with Crippen LogP contribution in [0, 0.1) is 0 Å². The predicted octanol–water partition coefficient (Wildman–Crippen LogP) is 3.42. The summed E-state index contributed by atoms with van der Waals surface area (Å²) in [6.07, 6.45) is 1.65. The third-order valence-corrected chi connectivity index (χ3v) is 2.49. The van der Waals surface area contributed by atoms with E-state index in [1.54, 1.807) is 0 Å². The van der Waals surface area contributed by atoms with Crippen molar-refractivity contribution in [1.82, 2.24) is 0 Å². The minimum atomic E-state index is -0.477. The second kappa shape index (κ2) is 5.91. The summed E-state index contributed by atoms with van der Waals surface area (Å²) < 4.78 is 0. The zero-order valence-electron chi connectivity index (χ0n) is 4.79. The molecule has 9 heavy (non-hydrogen) atoms. The largest absolute Gasteiger partial charge is 0.127 e. The molecular weight excluding hydrogens is 202 g/mol. The summed E-state index contributed by atoms with van der Waals surface area (Å²) in [5.41, 5.74) is 0. The molecule has 0 saturated carbocycles. The predicted molar refractivity (Wildman–Crippen MR) is 45.1 cm³/mol. The van der Waals surface area contributed by atoms with Gasteiger partial charge < -0.3 is 0 Å². The van der Waals surface area contributed by atoms with Crippen LogP contribution in [0.3, 0.4) is 0 Å². The molecule has 0 radical (unpaired) electrons. The van der Waals surface area contributed by atoms with Gasteiger partial charge in [0.2, 0.25) is 0 Å². The van der Waals surface area contributed by atoms with E-state index in [1.807, 2.05) is 0 Å². The number of hydrogen-bond donors (Lipinski definition) is 0. The van der Waals surface area contributed by atoms with Gasteiger partial charge in [0.05, 0.1) is 5.38 Å². The number of hydrogen-bond acceptors (Lipinski definition) is 0. The van der Waals surface area contributed by atoms with Crippen molar-refractivity contribution >= 4 is 46.4 Å². The maximum atomic E-state index is 5.67. The van der Waals surface area contributed by atoms with E-state index < -0.39 is 4.84 Å². The zero-order valence-corrected chi connectivity index (χ0v) is 7.81. The number of halogens is 4. The molecule has 0 aliphatic heterocycles. The van der Waals surface area contributed by atoms with Crippen molar-refractivity contribution in [2.75, 3.05) is 5.88 Å². The van der Waals surface area contributed by atoms with E-state index in [9.17, 15) is 0 Å². The van der Waals surface area contributed by atoms with Crippen LogP contribution >= 0.6 is 46.4 Å². The van der Waals surface area contributed by atoms with Crippen molar-refractivity contribution in [3.63, 3.8) is 0 Å². The highest BCUT2D eigenvalue weighted by atomic mass is 35.5. The quantitative estimate of drug-likeness (QED) is 0.623. The molecule has 1 atom stereocenters. The highest BCUT2D eigenvalue weighted by Crippen LogP contribution is 2.18. The second-order valence-electron chi connectivity index (χ2n) is 1.68. The van der Waals surface area contributed by atoms with Gasteiger partial charge in [-0.2, -0.15) is 0 Å². The van der Waals surface area contributed by atoms with Gasteiger partial charge in [-0.05, 0) is 12.8 Å². The van der Waals surface area contributed by atoms with Gasteiger partial charge in [0.15, 0.2) is 0 Å². The standard InChI is InChI=1S/C5H8Cl4/c6-3-1-2-4(7)5(8)9/h4-5H,1-3H2. The van der Waals surface area contributed by atoms with Crippen molar-refractivity contribution < 1.29 is 0 Å². The molecule has 0 aromatic heterocycles. The summed E-state index contributed by atoms with van der Waals surface area (Å²) in [5, 5.41) is -0.160. The summed E-state index contributed by atoms with van der Waals surface area (Å²) in [6, 6.07) is 0. The first-order chi connectivity index (χ1) is 4.18. The van der Waals surface area contributed by atoms with E-state index in [0.717, 1.165) is 12.8 Å². The summed E-state index contributed by atoms with van der Waals surface area (Å²) in [5.74, 6) is 0.615. The molecular formula is C5H8Cl4. The molecule has 0 bridgehead atoms. The summed E-state index contributed by atoms with van der Waals surface area (Å²) in [7, 11) is 0. The Bertz CT molecular complexity index is 64.0. The van der Waals surface area contributed by atoms with Crippen molar-refractivity contribution in [1.29, 1.82) is 0 Å². The normalized spacial score (nSPS) is 14.3. The molecule has 0 nitrogen and oxygen atoms in total. The highest BCUT2D eigenvalue weighted by Gasteiger charge is 2.11. The topological polar surface area (TPSA) is 0 Å². The van der Waals surface area contributed by atoms with Crippen LogP contribution in [0.4, 0.5) is 0 Å². The van der Waals surface area contributed by atoms with Gasteiger partial charge >= 0.3 is 0 Å². The Hall–Kier alpha value is 1.16. The van der Waals surface area contributed by atoms with Crippen LogP contribution in [0.25, 0.3) is 0 Å². The highest BCUT2D eigenvalue weighted by molar-refractivity contribution is 6.48. The average Bonchev–Trinajstić information content (AvgIpc) is 1.82. The molecule has 0 saturated heterocycles. The lowest BCUT2D eigenvalue weighted by Crippen LogP contribution is -2.07. The average molecular weight is 210 g/mol. The second-order valence-corrected chi connectivity index (χ2v) is 3.78. The van der Waals surface area contributed by atoms with Crippen molar-refractivity contribution in [2.45, 2.75) is 23.1 Å². The van der Waals surface area contributed by atoms with E-state index in [2.05, 4.69) is 0 Å². The lowest BCUT2D eigenvalue weighted by Gasteiger charge is -2.06. The first kappa shape index (κ1) is 10.2. The maximum Gasteiger partial charge on any atom is 0.124 e. The molecule has 56 valence electrons. The van der Waals surface area contributed by atoms with Crippen molar-refractivity contribution in [2.24, 2.45) is 0 Å². The van der Waals surface area contributed by atoms with Crippen LogP contribution in [0.5, 0.6) is 0 Å². The Morgan fingerprint density at radius 1 is 1.11 bits per heavy atom. The maximum absolute atomic E-state index is 5.67. The van der Waals surface area contributed by atoms with Crippen LogP contribution in [0.2, 0.25) is 0 Å².